The summed E-state index contributed by atoms with van der Waals surface area (Å²) in [6.07, 6.45) is 1.30. The van der Waals surface area contributed by atoms with E-state index in [1.807, 2.05) is 12.1 Å². The van der Waals surface area contributed by atoms with Crippen LogP contribution in [0, 0.1) is 10.1 Å². The number of nitro benzene ring substituents is 1. The van der Waals surface area contributed by atoms with Crippen molar-refractivity contribution in [3.63, 3.8) is 0 Å². The van der Waals surface area contributed by atoms with Gasteiger partial charge in [0.15, 0.2) is 5.75 Å². The van der Waals surface area contributed by atoms with Crippen LogP contribution in [0.4, 0.5) is 10.5 Å². The van der Waals surface area contributed by atoms with E-state index in [1.54, 1.807) is 13.0 Å². The van der Waals surface area contributed by atoms with Crippen LogP contribution in [-0.4, -0.2) is 41.4 Å². The highest BCUT2D eigenvalue weighted by Crippen LogP contribution is 2.40. The molecule has 0 spiro atoms. The molecule has 0 bridgehead atoms. The van der Waals surface area contributed by atoms with E-state index < -0.39 is 22.8 Å². The number of carbonyl (C=O) groups excluding carboxylic acids is 3. The largest absolute Gasteiger partial charge is 0.490 e. The third-order valence-corrected chi connectivity index (χ3v) is 6.81. The maximum absolute atomic E-state index is 13.0. The first-order valence-corrected chi connectivity index (χ1v) is 13.2. The summed E-state index contributed by atoms with van der Waals surface area (Å²) in [6.45, 7) is 1.67. The Hall–Kier alpha value is -4.17. The Balaban J connectivity index is 1.61. The number of hydrogen-bond acceptors (Lipinski definition) is 9. The van der Waals surface area contributed by atoms with Gasteiger partial charge in [-0.25, -0.2) is 9.59 Å². The fourth-order valence-electron chi connectivity index (χ4n) is 3.73. The summed E-state index contributed by atoms with van der Waals surface area (Å²) in [7, 11) is 1.19. The van der Waals surface area contributed by atoms with Crippen LogP contribution in [0.15, 0.2) is 61.5 Å². The van der Waals surface area contributed by atoms with Gasteiger partial charge in [-0.1, -0.05) is 37.9 Å². The molecule has 3 aromatic rings. The Morgan fingerprint density at radius 1 is 1.15 bits per heavy atom. The molecule has 2 heterocycles. The number of urea groups is 1. The number of rotatable bonds is 10. The third-order valence-electron chi connectivity index (χ3n) is 5.58. The van der Waals surface area contributed by atoms with Crippen molar-refractivity contribution in [3.05, 3.63) is 89.9 Å². The van der Waals surface area contributed by atoms with E-state index >= 15 is 0 Å². The summed E-state index contributed by atoms with van der Waals surface area (Å²) in [5.41, 5.74) is 0.476. The van der Waals surface area contributed by atoms with Gasteiger partial charge in [0.2, 0.25) is 11.5 Å². The van der Waals surface area contributed by atoms with E-state index in [9.17, 15) is 24.5 Å². The highest BCUT2D eigenvalue weighted by Gasteiger charge is 2.35. The molecular weight excluding hydrogens is 658 g/mol. The number of nitrogens with zero attached hydrogens (tertiary/aromatic N) is 2. The number of carbonyl (C=O) groups is 3. The lowest BCUT2D eigenvalue weighted by molar-refractivity contribution is -0.386. The summed E-state index contributed by atoms with van der Waals surface area (Å²) < 4.78 is 23.0. The number of imide groups is 1. The SMILES string of the molecule is CCOc1cc(/C=C2\NC(=O)N(Cc3ccc(C(=O)OC)o3)C2=O)cc([N+](=O)[O-])c1OCc1ccc(Br)cc1Br. The molecule has 1 aliphatic heterocycles. The van der Waals surface area contributed by atoms with Crippen LogP contribution in [0.1, 0.15) is 34.4 Å². The zero-order chi connectivity index (χ0) is 29.0. The number of furan rings is 1. The Morgan fingerprint density at radius 3 is 2.60 bits per heavy atom. The lowest BCUT2D eigenvalue weighted by Crippen LogP contribution is -2.30. The Kier molecular flexibility index (Phi) is 8.90. The predicted molar refractivity (Wildman–Crippen MR) is 148 cm³/mol. The van der Waals surface area contributed by atoms with Crippen LogP contribution in [0.25, 0.3) is 6.08 Å². The van der Waals surface area contributed by atoms with Crippen molar-refractivity contribution < 1.29 is 37.9 Å². The summed E-state index contributed by atoms with van der Waals surface area (Å²) in [5, 5.41) is 14.4. The van der Waals surface area contributed by atoms with Crippen molar-refractivity contribution in [3.8, 4) is 11.5 Å². The summed E-state index contributed by atoms with van der Waals surface area (Å²) in [5.74, 6) is -1.28. The Morgan fingerprint density at radius 2 is 1.93 bits per heavy atom. The number of ether oxygens (including phenoxy) is 3. The van der Waals surface area contributed by atoms with Gasteiger partial charge in [0.1, 0.15) is 18.1 Å². The lowest BCUT2D eigenvalue weighted by atomic mass is 10.1. The van der Waals surface area contributed by atoms with Crippen LogP contribution < -0.4 is 14.8 Å². The quantitative estimate of drug-likeness (QED) is 0.0954. The fourth-order valence-corrected chi connectivity index (χ4v) is 4.90. The molecule has 1 saturated heterocycles. The zero-order valence-electron chi connectivity index (χ0n) is 21.1. The van der Waals surface area contributed by atoms with E-state index in [0.29, 0.717) is 0 Å². The number of benzene rings is 2. The number of methoxy groups -OCH3 is 1. The average molecular weight is 679 g/mol. The highest BCUT2D eigenvalue weighted by molar-refractivity contribution is 9.11. The van der Waals surface area contributed by atoms with E-state index in [2.05, 4.69) is 41.9 Å². The second kappa shape index (κ2) is 12.3. The Bertz CT molecular complexity index is 1530. The molecular formula is C26H21Br2N3O9. The van der Waals surface area contributed by atoms with Crippen LogP contribution >= 0.6 is 31.9 Å². The first kappa shape index (κ1) is 28.8. The second-order valence-electron chi connectivity index (χ2n) is 8.22. The fraction of sp³-hybridized carbons (Fsp3) is 0.192. The van der Waals surface area contributed by atoms with Gasteiger partial charge < -0.3 is 23.9 Å². The molecule has 40 heavy (non-hydrogen) atoms. The standard InChI is InChI=1S/C26H21Br2N3O9/c1-3-38-22-10-14(9-20(31(35)36)23(22)39-13-15-4-5-16(27)11-18(15)28)8-19-24(32)30(26(34)29-19)12-17-6-7-21(40-17)25(33)37-2/h4-11H,3,12-13H2,1-2H3,(H,29,34)/b19-8-. The number of nitrogens with one attached hydrogen (secondary N) is 1. The molecule has 0 radical (unpaired) electrons. The molecule has 14 heteroatoms. The van der Waals surface area contributed by atoms with Gasteiger partial charge in [0, 0.05) is 20.6 Å². The van der Waals surface area contributed by atoms with E-state index in [1.165, 1.54) is 37.5 Å². The van der Waals surface area contributed by atoms with Crippen LogP contribution in [0.2, 0.25) is 0 Å². The zero-order valence-corrected chi connectivity index (χ0v) is 24.2. The smallest absolute Gasteiger partial charge is 0.373 e. The van der Waals surface area contributed by atoms with Crippen LogP contribution in [-0.2, 0) is 22.7 Å². The van der Waals surface area contributed by atoms with Crippen molar-refractivity contribution in [2.24, 2.45) is 0 Å². The summed E-state index contributed by atoms with van der Waals surface area (Å²) in [4.78, 5) is 49.3. The van der Waals surface area contributed by atoms with E-state index in [0.717, 1.165) is 19.4 Å². The van der Waals surface area contributed by atoms with Gasteiger partial charge in [-0.2, -0.15) is 0 Å². The average Bonchev–Trinajstić information content (AvgIpc) is 3.48. The van der Waals surface area contributed by atoms with Crippen molar-refractivity contribution >= 4 is 61.5 Å². The first-order valence-electron chi connectivity index (χ1n) is 11.6. The summed E-state index contributed by atoms with van der Waals surface area (Å²) in [6, 6.07) is 10.2. The monoisotopic (exact) mass is 677 g/mol. The predicted octanol–water partition coefficient (Wildman–Crippen LogP) is 5.57. The first-order chi connectivity index (χ1) is 19.1. The maximum Gasteiger partial charge on any atom is 0.373 e. The van der Waals surface area contributed by atoms with Gasteiger partial charge in [-0.05, 0) is 48.9 Å². The van der Waals surface area contributed by atoms with Gasteiger partial charge >= 0.3 is 17.7 Å². The minimum Gasteiger partial charge on any atom is -0.490 e. The normalized spacial score (nSPS) is 13.9. The van der Waals surface area contributed by atoms with Crippen molar-refractivity contribution in [2.75, 3.05) is 13.7 Å². The van der Waals surface area contributed by atoms with Crippen molar-refractivity contribution in [1.29, 1.82) is 0 Å². The number of amides is 3. The topological polar surface area (TPSA) is 150 Å². The van der Waals surface area contributed by atoms with Gasteiger partial charge in [0.25, 0.3) is 5.91 Å². The molecule has 1 aliphatic rings. The van der Waals surface area contributed by atoms with E-state index in [-0.39, 0.29) is 59.7 Å². The second-order valence-corrected chi connectivity index (χ2v) is 9.99. The molecule has 3 amide bonds. The maximum atomic E-state index is 13.0. The Labute approximate surface area is 244 Å². The minimum atomic E-state index is -0.730. The summed E-state index contributed by atoms with van der Waals surface area (Å²) >= 11 is 6.82. The molecule has 1 aromatic heterocycles. The number of hydrogen-bond donors (Lipinski definition) is 1. The van der Waals surface area contributed by atoms with Crippen molar-refractivity contribution in [1.82, 2.24) is 10.2 Å². The highest BCUT2D eigenvalue weighted by atomic mass is 79.9. The minimum absolute atomic E-state index is 0.0171. The molecule has 0 atom stereocenters. The lowest BCUT2D eigenvalue weighted by Gasteiger charge is -2.14. The third kappa shape index (κ3) is 6.34. The molecule has 208 valence electrons. The number of halogens is 2. The number of esters is 1. The van der Waals surface area contributed by atoms with Gasteiger partial charge in [-0.15, -0.1) is 0 Å². The van der Waals surface area contributed by atoms with E-state index in [4.69, 9.17) is 13.9 Å². The molecule has 1 fully saturated rings. The van der Waals surface area contributed by atoms with Gasteiger partial charge in [-0.3, -0.25) is 19.8 Å². The molecule has 12 nitrogen and oxygen atoms in total. The molecule has 0 aliphatic carbocycles. The van der Waals surface area contributed by atoms with Gasteiger partial charge in [0.05, 0.1) is 25.2 Å². The molecule has 0 saturated carbocycles. The molecule has 2 aromatic carbocycles. The van der Waals surface area contributed by atoms with Crippen LogP contribution in [0.5, 0.6) is 11.5 Å². The number of nitro groups is 1. The van der Waals surface area contributed by atoms with Crippen LogP contribution in [0.3, 0.4) is 0 Å². The van der Waals surface area contributed by atoms with Crippen molar-refractivity contribution in [2.45, 2.75) is 20.1 Å². The molecule has 1 N–H and O–H groups in total. The molecule has 0 unspecified atom stereocenters. The molecule has 4 rings (SSSR count).